The molecule has 0 aliphatic carbocycles. The minimum absolute atomic E-state index is 0.187. The normalized spacial score (nSPS) is 9.25. The Bertz CT molecular complexity index is 70.9. The SMILES string of the molecule is C=C(C)COCCF. The lowest BCUT2D eigenvalue weighted by Crippen LogP contribution is -1.97. The van der Waals surface area contributed by atoms with E-state index in [1.807, 2.05) is 6.92 Å². The van der Waals surface area contributed by atoms with E-state index < -0.39 is 6.67 Å². The fourth-order valence-electron chi connectivity index (χ4n) is 0.301. The van der Waals surface area contributed by atoms with E-state index in [4.69, 9.17) is 4.74 Å². The Morgan fingerprint density at radius 3 is 2.75 bits per heavy atom. The first kappa shape index (κ1) is 7.63. The predicted octanol–water partition coefficient (Wildman–Crippen LogP) is 1.55. The monoisotopic (exact) mass is 118 g/mol. The van der Waals surface area contributed by atoms with Crippen molar-refractivity contribution in [3.05, 3.63) is 12.2 Å². The smallest absolute Gasteiger partial charge is 0.113 e. The summed E-state index contributed by atoms with van der Waals surface area (Å²) in [5, 5.41) is 0. The summed E-state index contributed by atoms with van der Waals surface area (Å²) in [4.78, 5) is 0. The van der Waals surface area contributed by atoms with Gasteiger partial charge < -0.3 is 4.74 Å². The van der Waals surface area contributed by atoms with E-state index in [9.17, 15) is 4.39 Å². The van der Waals surface area contributed by atoms with E-state index in [2.05, 4.69) is 6.58 Å². The average molecular weight is 118 g/mol. The minimum Gasteiger partial charge on any atom is -0.374 e. The molecule has 0 aromatic rings. The zero-order valence-electron chi connectivity index (χ0n) is 5.11. The van der Waals surface area contributed by atoms with Crippen molar-refractivity contribution in [2.45, 2.75) is 6.92 Å². The van der Waals surface area contributed by atoms with Crippen molar-refractivity contribution in [2.75, 3.05) is 19.9 Å². The van der Waals surface area contributed by atoms with Crippen LogP contribution < -0.4 is 0 Å². The molecule has 0 aliphatic rings. The standard InChI is InChI=1S/C6H11FO/c1-6(2)5-8-4-3-7/h1,3-5H2,2H3. The highest BCUT2D eigenvalue weighted by Gasteiger charge is 1.84. The molecule has 0 rings (SSSR count). The van der Waals surface area contributed by atoms with Gasteiger partial charge in [-0.25, -0.2) is 4.39 Å². The van der Waals surface area contributed by atoms with E-state index in [1.165, 1.54) is 0 Å². The molecular formula is C6H11FO. The summed E-state index contributed by atoms with van der Waals surface area (Å²) in [5.74, 6) is 0. The highest BCUT2D eigenvalue weighted by atomic mass is 19.1. The van der Waals surface area contributed by atoms with Crippen LogP contribution in [0.4, 0.5) is 4.39 Å². The fourth-order valence-corrected chi connectivity index (χ4v) is 0.301. The van der Waals surface area contributed by atoms with E-state index in [-0.39, 0.29) is 6.61 Å². The maximum Gasteiger partial charge on any atom is 0.113 e. The van der Waals surface area contributed by atoms with Crippen LogP contribution in [0.3, 0.4) is 0 Å². The highest BCUT2D eigenvalue weighted by Crippen LogP contribution is 1.86. The van der Waals surface area contributed by atoms with Crippen LogP contribution in [0.25, 0.3) is 0 Å². The lowest BCUT2D eigenvalue weighted by atomic mass is 10.4. The summed E-state index contributed by atoms with van der Waals surface area (Å²) < 4.78 is 16.1. The van der Waals surface area contributed by atoms with Gasteiger partial charge in [0, 0.05) is 0 Å². The topological polar surface area (TPSA) is 9.23 Å². The molecule has 8 heavy (non-hydrogen) atoms. The third-order valence-corrected chi connectivity index (χ3v) is 0.570. The summed E-state index contributed by atoms with van der Waals surface area (Å²) in [6, 6.07) is 0. The van der Waals surface area contributed by atoms with Gasteiger partial charge in [0.25, 0.3) is 0 Å². The Kier molecular flexibility index (Phi) is 4.56. The van der Waals surface area contributed by atoms with E-state index in [0.717, 1.165) is 5.57 Å². The Balaban J connectivity index is 2.82. The van der Waals surface area contributed by atoms with Crippen LogP contribution in [-0.4, -0.2) is 19.9 Å². The molecule has 0 amide bonds. The van der Waals surface area contributed by atoms with Gasteiger partial charge in [0.2, 0.25) is 0 Å². The number of ether oxygens (including phenoxy) is 1. The third kappa shape index (κ3) is 5.63. The lowest BCUT2D eigenvalue weighted by molar-refractivity contribution is 0.139. The van der Waals surface area contributed by atoms with Gasteiger partial charge in [-0.1, -0.05) is 12.2 Å². The first-order valence-electron chi connectivity index (χ1n) is 2.55. The van der Waals surface area contributed by atoms with Crippen LogP contribution in [0, 0.1) is 0 Å². The second kappa shape index (κ2) is 4.78. The van der Waals surface area contributed by atoms with Crippen LogP contribution >= 0.6 is 0 Å². The van der Waals surface area contributed by atoms with Gasteiger partial charge in [0.05, 0.1) is 13.2 Å². The van der Waals surface area contributed by atoms with Gasteiger partial charge in [-0.2, -0.15) is 0 Å². The number of hydrogen-bond donors (Lipinski definition) is 0. The number of rotatable bonds is 4. The molecule has 1 nitrogen and oxygen atoms in total. The molecule has 2 heteroatoms. The second-order valence-corrected chi connectivity index (χ2v) is 1.70. The Morgan fingerprint density at radius 1 is 1.75 bits per heavy atom. The molecule has 0 N–H and O–H groups in total. The maximum atomic E-state index is 11.3. The Hall–Kier alpha value is -0.370. The predicted molar refractivity (Wildman–Crippen MR) is 31.6 cm³/mol. The Morgan fingerprint density at radius 2 is 2.38 bits per heavy atom. The van der Waals surface area contributed by atoms with Gasteiger partial charge >= 0.3 is 0 Å². The minimum atomic E-state index is -0.409. The summed E-state index contributed by atoms with van der Waals surface area (Å²) in [6.45, 7) is 5.68. The van der Waals surface area contributed by atoms with Crippen molar-refractivity contribution in [3.63, 3.8) is 0 Å². The fraction of sp³-hybridized carbons (Fsp3) is 0.667. The van der Waals surface area contributed by atoms with Gasteiger partial charge in [-0.05, 0) is 6.92 Å². The van der Waals surface area contributed by atoms with Crippen molar-refractivity contribution in [1.29, 1.82) is 0 Å². The van der Waals surface area contributed by atoms with Crippen molar-refractivity contribution < 1.29 is 9.13 Å². The first-order valence-corrected chi connectivity index (χ1v) is 2.55. The molecule has 0 heterocycles. The lowest BCUT2D eigenvalue weighted by Gasteiger charge is -1.97. The summed E-state index contributed by atoms with van der Waals surface area (Å²) in [5.41, 5.74) is 0.929. The van der Waals surface area contributed by atoms with E-state index >= 15 is 0 Å². The van der Waals surface area contributed by atoms with Gasteiger partial charge in [-0.3, -0.25) is 0 Å². The molecule has 0 atom stereocenters. The molecule has 0 unspecified atom stereocenters. The molecular weight excluding hydrogens is 107 g/mol. The molecule has 0 saturated heterocycles. The molecule has 48 valence electrons. The van der Waals surface area contributed by atoms with Crippen LogP contribution in [0.5, 0.6) is 0 Å². The van der Waals surface area contributed by atoms with Crippen molar-refractivity contribution in [1.82, 2.24) is 0 Å². The molecule has 0 aromatic carbocycles. The van der Waals surface area contributed by atoms with E-state index in [1.54, 1.807) is 0 Å². The first-order chi connectivity index (χ1) is 3.77. The molecule has 0 bridgehead atoms. The van der Waals surface area contributed by atoms with E-state index in [0.29, 0.717) is 6.61 Å². The summed E-state index contributed by atoms with van der Waals surface area (Å²) in [7, 11) is 0. The molecule has 0 spiro atoms. The summed E-state index contributed by atoms with van der Waals surface area (Å²) in [6.07, 6.45) is 0. The highest BCUT2D eigenvalue weighted by molar-refractivity contribution is 4.87. The average Bonchev–Trinajstić information content (AvgIpc) is 1.66. The second-order valence-electron chi connectivity index (χ2n) is 1.70. The third-order valence-electron chi connectivity index (χ3n) is 0.570. The van der Waals surface area contributed by atoms with Crippen LogP contribution in [-0.2, 0) is 4.74 Å². The van der Waals surface area contributed by atoms with Gasteiger partial charge in [-0.15, -0.1) is 0 Å². The molecule has 0 saturated carbocycles. The van der Waals surface area contributed by atoms with Gasteiger partial charge in [0.15, 0.2) is 0 Å². The van der Waals surface area contributed by atoms with Crippen molar-refractivity contribution in [3.8, 4) is 0 Å². The van der Waals surface area contributed by atoms with Crippen LogP contribution in [0.1, 0.15) is 6.92 Å². The summed E-state index contributed by atoms with van der Waals surface area (Å²) >= 11 is 0. The number of hydrogen-bond acceptors (Lipinski definition) is 1. The molecule has 0 aliphatic heterocycles. The number of alkyl halides is 1. The molecule has 0 fully saturated rings. The number of halogens is 1. The van der Waals surface area contributed by atoms with Crippen molar-refractivity contribution in [2.24, 2.45) is 0 Å². The zero-order valence-corrected chi connectivity index (χ0v) is 5.11. The maximum absolute atomic E-state index is 11.3. The van der Waals surface area contributed by atoms with Crippen molar-refractivity contribution >= 4 is 0 Å². The Labute approximate surface area is 49.2 Å². The van der Waals surface area contributed by atoms with Crippen LogP contribution in [0.15, 0.2) is 12.2 Å². The zero-order chi connectivity index (χ0) is 6.41. The molecule has 0 radical (unpaired) electrons. The molecule has 0 aromatic heterocycles. The van der Waals surface area contributed by atoms with Crippen LogP contribution in [0.2, 0.25) is 0 Å². The van der Waals surface area contributed by atoms with Gasteiger partial charge in [0.1, 0.15) is 6.67 Å². The largest absolute Gasteiger partial charge is 0.374 e. The quantitative estimate of drug-likeness (QED) is 0.402.